The van der Waals surface area contributed by atoms with Gasteiger partial charge >= 0.3 is 0 Å². The first kappa shape index (κ1) is 13.5. The highest BCUT2D eigenvalue weighted by Gasteiger charge is 2.12. The fourth-order valence-electron chi connectivity index (χ4n) is 2.27. The summed E-state index contributed by atoms with van der Waals surface area (Å²) in [6, 6.07) is 9.36. The molecule has 1 heterocycles. The first-order valence-electron chi connectivity index (χ1n) is 6.15. The van der Waals surface area contributed by atoms with Crippen LogP contribution in [0.1, 0.15) is 11.1 Å². The predicted molar refractivity (Wildman–Crippen MR) is 85.6 cm³/mol. The summed E-state index contributed by atoms with van der Waals surface area (Å²) >= 11 is 8.94. The Bertz CT molecular complexity index is 879. The van der Waals surface area contributed by atoms with E-state index in [1.165, 1.54) is 6.07 Å². The summed E-state index contributed by atoms with van der Waals surface area (Å²) in [5, 5.41) is 0. The van der Waals surface area contributed by atoms with E-state index < -0.39 is 0 Å². The SMILES string of the molecule is Cc1ccc(Br)c(-n2c(=S)[nH]c3cc(F)c(C)cc32)c1. The molecule has 20 heavy (non-hydrogen) atoms. The van der Waals surface area contributed by atoms with E-state index >= 15 is 0 Å². The minimum atomic E-state index is -0.232. The third-order valence-corrected chi connectivity index (χ3v) is 4.26. The second-order valence-electron chi connectivity index (χ2n) is 4.84. The number of imidazole rings is 1. The Morgan fingerprint density at radius 3 is 2.70 bits per heavy atom. The third kappa shape index (κ3) is 2.11. The molecule has 0 unspecified atom stereocenters. The van der Waals surface area contributed by atoms with Crippen molar-refractivity contribution in [3.05, 3.63) is 56.5 Å². The third-order valence-electron chi connectivity index (χ3n) is 3.31. The van der Waals surface area contributed by atoms with Gasteiger partial charge in [-0.25, -0.2) is 4.39 Å². The highest BCUT2D eigenvalue weighted by atomic mass is 79.9. The van der Waals surface area contributed by atoms with Gasteiger partial charge in [-0.2, -0.15) is 0 Å². The lowest BCUT2D eigenvalue weighted by molar-refractivity contribution is 0.620. The minimum Gasteiger partial charge on any atom is -0.330 e. The van der Waals surface area contributed by atoms with Crippen molar-refractivity contribution in [1.82, 2.24) is 9.55 Å². The van der Waals surface area contributed by atoms with E-state index in [2.05, 4.69) is 20.9 Å². The summed E-state index contributed by atoms with van der Waals surface area (Å²) in [6.07, 6.45) is 0. The lowest BCUT2D eigenvalue weighted by atomic mass is 10.2. The van der Waals surface area contributed by atoms with Crippen molar-refractivity contribution in [2.75, 3.05) is 0 Å². The molecule has 1 N–H and O–H groups in total. The molecule has 0 radical (unpaired) electrons. The quantitative estimate of drug-likeness (QED) is 0.597. The number of aryl methyl sites for hydroxylation is 2. The van der Waals surface area contributed by atoms with Gasteiger partial charge in [0.2, 0.25) is 0 Å². The van der Waals surface area contributed by atoms with Gasteiger partial charge in [0.25, 0.3) is 0 Å². The molecule has 0 saturated carbocycles. The lowest BCUT2D eigenvalue weighted by Crippen LogP contribution is -1.96. The van der Waals surface area contributed by atoms with E-state index in [0.29, 0.717) is 15.9 Å². The average molecular weight is 351 g/mol. The maximum absolute atomic E-state index is 13.7. The van der Waals surface area contributed by atoms with Crippen molar-refractivity contribution in [1.29, 1.82) is 0 Å². The van der Waals surface area contributed by atoms with Crippen LogP contribution in [0.25, 0.3) is 16.7 Å². The number of rotatable bonds is 1. The number of H-pyrrole nitrogens is 1. The van der Waals surface area contributed by atoms with Crippen LogP contribution in [0.2, 0.25) is 0 Å². The van der Waals surface area contributed by atoms with Crippen LogP contribution in [-0.4, -0.2) is 9.55 Å². The fourth-order valence-corrected chi connectivity index (χ4v) is 3.00. The molecule has 0 aliphatic carbocycles. The number of aromatic amines is 1. The smallest absolute Gasteiger partial charge is 0.182 e. The Kier molecular flexibility index (Phi) is 3.26. The molecule has 0 fully saturated rings. The van der Waals surface area contributed by atoms with Crippen molar-refractivity contribution in [3.8, 4) is 5.69 Å². The van der Waals surface area contributed by atoms with E-state index in [9.17, 15) is 4.39 Å². The molecule has 3 rings (SSSR count). The zero-order valence-electron chi connectivity index (χ0n) is 11.0. The van der Waals surface area contributed by atoms with Gasteiger partial charge in [0, 0.05) is 4.47 Å². The van der Waals surface area contributed by atoms with Crippen LogP contribution in [0.15, 0.2) is 34.8 Å². The van der Waals surface area contributed by atoms with E-state index in [1.807, 2.05) is 35.8 Å². The monoisotopic (exact) mass is 350 g/mol. The molecule has 0 spiro atoms. The summed E-state index contributed by atoms with van der Waals surface area (Å²) in [5.41, 5.74) is 4.27. The van der Waals surface area contributed by atoms with E-state index in [-0.39, 0.29) is 5.82 Å². The van der Waals surface area contributed by atoms with E-state index in [4.69, 9.17) is 12.2 Å². The Hall–Kier alpha value is -1.46. The van der Waals surface area contributed by atoms with Crippen LogP contribution < -0.4 is 0 Å². The molecule has 0 amide bonds. The van der Waals surface area contributed by atoms with Crippen molar-refractivity contribution < 1.29 is 4.39 Å². The highest BCUT2D eigenvalue weighted by molar-refractivity contribution is 9.10. The number of nitrogens with one attached hydrogen (secondary N) is 1. The summed E-state index contributed by atoms with van der Waals surface area (Å²) in [7, 11) is 0. The molecule has 2 nitrogen and oxygen atoms in total. The fraction of sp³-hybridized carbons (Fsp3) is 0.133. The average Bonchev–Trinajstić information content (AvgIpc) is 2.69. The van der Waals surface area contributed by atoms with Crippen molar-refractivity contribution >= 4 is 39.2 Å². The van der Waals surface area contributed by atoms with E-state index in [0.717, 1.165) is 21.2 Å². The molecule has 1 aromatic heterocycles. The molecular formula is C15H12BrFN2S. The molecule has 102 valence electrons. The van der Waals surface area contributed by atoms with Crippen LogP contribution in [-0.2, 0) is 0 Å². The maximum atomic E-state index is 13.7. The second-order valence-corrected chi connectivity index (χ2v) is 6.08. The van der Waals surface area contributed by atoms with E-state index in [1.54, 1.807) is 6.92 Å². The van der Waals surface area contributed by atoms with Gasteiger partial charge in [-0.1, -0.05) is 6.07 Å². The Morgan fingerprint density at radius 2 is 1.95 bits per heavy atom. The number of halogens is 2. The molecule has 0 aliphatic heterocycles. The molecule has 2 aromatic carbocycles. The van der Waals surface area contributed by atoms with Crippen molar-refractivity contribution in [2.24, 2.45) is 0 Å². The lowest BCUT2D eigenvalue weighted by Gasteiger charge is -2.09. The van der Waals surface area contributed by atoms with Gasteiger partial charge in [-0.05, 0) is 77.4 Å². The molecular weight excluding hydrogens is 339 g/mol. The number of nitrogens with zero attached hydrogens (tertiary/aromatic N) is 1. The molecule has 0 atom stereocenters. The molecule has 0 aliphatic rings. The molecule has 0 bridgehead atoms. The standard InChI is InChI=1S/C15H12BrFN2S/c1-8-3-4-10(16)13(5-8)19-14-6-9(2)11(17)7-12(14)18-15(19)20/h3-7H,1-2H3,(H,18,20). The maximum Gasteiger partial charge on any atom is 0.182 e. The topological polar surface area (TPSA) is 20.7 Å². The van der Waals surface area contributed by atoms with Gasteiger partial charge in [0.15, 0.2) is 4.77 Å². The van der Waals surface area contributed by atoms with Crippen LogP contribution in [0.3, 0.4) is 0 Å². The van der Waals surface area contributed by atoms with Crippen LogP contribution in [0, 0.1) is 24.4 Å². The Balaban J connectivity index is 2.42. The van der Waals surface area contributed by atoms with Gasteiger partial charge in [-0.15, -0.1) is 0 Å². The first-order chi connectivity index (χ1) is 9.47. The Labute approximate surface area is 129 Å². The normalized spacial score (nSPS) is 11.2. The zero-order chi connectivity index (χ0) is 14.4. The highest BCUT2D eigenvalue weighted by Crippen LogP contribution is 2.28. The number of aromatic nitrogens is 2. The molecule has 5 heteroatoms. The molecule has 0 saturated heterocycles. The minimum absolute atomic E-state index is 0.232. The largest absolute Gasteiger partial charge is 0.330 e. The van der Waals surface area contributed by atoms with Crippen LogP contribution in [0.5, 0.6) is 0 Å². The number of hydrogen-bond donors (Lipinski definition) is 1. The summed E-state index contributed by atoms with van der Waals surface area (Å²) in [5.74, 6) is -0.232. The van der Waals surface area contributed by atoms with Crippen molar-refractivity contribution in [3.63, 3.8) is 0 Å². The first-order valence-corrected chi connectivity index (χ1v) is 7.35. The second kappa shape index (κ2) is 4.82. The van der Waals surface area contributed by atoms with Crippen LogP contribution in [0.4, 0.5) is 4.39 Å². The summed E-state index contributed by atoms with van der Waals surface area (Å²) in [6.45, 7) is 3.78. The van der Waals surface area contributed by atoms with Gasteiger partial charge in [0.1, 0.15) is 5.82 Å². The predicted octanol–water partition coefficient (Wildman–Crippen LogP) is 5.21. The van der Waals surface area contributed by atoms with Crippen LogP contribution >= 0.6 is 28.1 Å². The number of benzene rings is 2. The summed E-state index contributed by atoms with van der Waals surface area (Å²) in [4.78, 5) is 3.06. The van der Waals surface area contributed by atoms with Gasteiger partial charge < -0.3 is 4.98 Å². The summed E-state index contributed by atoms with van der Waals surface area (Å²) < 4.78 is 17.1. The number of hydrogen-bond acceptors (Lipinski definition) is 1. The van der Waals surface area contributed by atoms with Gasteiger partial charge in [-0.3, -0.25) is 4.57 Å². The van der Waals surface area contributed by atoms with Crippen molar-refractivity contribution in [2.45, 2.75) is 13.8 Å². The Morgan fingerprint density at radius 1 is 1.20 bits per heavy atom. The van der Waals surface area contributed by atoms with Gasteiger partial charge in [0.05, 0.1) is 16.7 Å². The zero-order valence-corrected chi connectivity index (χ0v) is 13.4. The number of fused-ring (bicyclic) bond motifs is 1. The molecule has 3 aromatic rings.